The maximum absolute atomic E-state index is 5.90. The van der Waals surface area contributed by atoms with Crippen molar-refractivity contribution >= 4 is 11.3 Å². The summed E-state index contributed by atoms with van der Waals surface area (Å²) in [6.45, 7) is 1.40. The van der Waals surface area contributed by atoms with Crippen LogP contribution in [0.15, 0.2) is 17.5 Å². The highest BCUT2D eigenvalue weighted by Gasteiger charge is 2.11. The minimum Gasteiger partial charge on any atom is -0.482 e. The lowest BCUT2D eigenvalue weighted by molar-refractivity contribution is 0.0195. The number of ether oxygens (including phenoxy) is 2. The first-order chi connectivity index (χ1) is 8.45. The van der Waals surface area contributed by atoms with E-state index in [-0.39, 0.29) is 0 Å². The fourth-order valence-corrected chi connectivity index (χ4v) is 2.89. The molecule has 0 unspecified atom stereocenters. The van der Waals surface area contributed by atoms with Crippen molar-refractivity contribution in [2.24, 2.45) is 0 Å². The van der Waals surface area contributed by atoms with Crippen LogP contribution in [0.1, 0.15) is 44.9 Å². The Morgan fingerprint density at radius 1 is 1.06 bits per heavy atom. The minimum absolute atomic E-state index is 0.474. The molecule has 1 saturated carbocycles. The molecule has 3 heteroatoms. The molecule has 96 valence electrons. The molecule has 0 amide bonds. The summed E-state index contributed by atoms with van der Waals surface area (Å²) in [6.07, 6.45) is 9.78. The lowest BCUT2D eigenvalue weighted by Crippen LogP contribution is -2.18. The van der Waals surface area contributed by atoms with Crippen molar-refractivity contribution in [3.05, 3.63) is 17.5 Å². The van der Waals surface area contributed by atoms with Gasteiger partial charge in [-0.1, -0.05) is 32.1 Å². The number of rotatable bonds is 5. The van der Waals surface area contributed by atoms with E-state index in [1.807, 2.05) is 17.5 Å². The maximum Gasteiger partial charge on any atom is 0.173 e. The van der Waals surface area contributed by atoms with Crippen molar-refractivity contribution < 1.29 is 9.47 Å². The molecule has 2 nitrogen and oxygen atoms in total. The van der Waals surface area contributed by atoms with E-state index in [4.69, 9.17) is 9.47 Å². The first-order valence-electron chi connectivity index (χ1n) is 6.73. The molecule has 1 aromatic rings. The summed E-state index contributed by atoms with van der Waals surface area (Å²) in [4.78, 5) is 0. The fraction of sp³-hybridized carbons (Fsp3) is 0.714. The monoisotopic (exact) mass is 254 g/mol. The van der Waals surface area contributed by atoms with E-state index in [2.05, 4.69) is 0 Å². The van der Waals surface area contributed by atoms with Gasteiger partial charge in [0.25, 0.3) is 0 Å². The number of hydrogen-bond acceptors (Lipinski definition) is 3. The SMILES string of the molecule is c1csc(OCCOC2CCCCCCC2)c1. The molecule has 0 aliphatic heterocycles. The van der Waals surface area contributed by atoms with Crippen molar-refractivity contribution in [1.82, 2.24) is 0 Å². The molecule has 0 aromatic carbocycles. The highest BCUT2D eigenvalue weighted by atomic mass is 32.1. The van der Waals surface area contributed by atoms with Crippen LogP contribution in [-0.4, -0.2) is 19.3 Å². The average Bonchev–Trinajstić information content (AvgIpc) is 2.79. The quantitative estimate of drug-likeness (QED) is 0.731. The van der Waals surface area contributed by atoms with Crippen LogP contribution in [0.25, 0.3) is 0 Å². The largest absolute Gasteiger partial charge is 0.482 e. The summed E-state index contributed by atoms with van der Waals surface area (Å²) in [7, 11) is 0. The Kier molecular flexibility index (Phi) is 5.86. The third-order valence-electron chi connectivity index (χ3n) is 3.23. The van der Waals surface area contributed by atoms with Gasteiger partial charge in [0.2, 0.25) is 0 Å². The molecule has 0 atom stereocenters. The summed E-state index contributed by atoms with van der Waals surface area (Å²) in [5.74, 6) is 0. The second kappa shape index (κ2) is 7.72. The molecule has 1 aliphatic carbocycles. The Morgan fingerprint density at radius 2 is 1.82 bits per heavy atom. The predicted molar refractivity (Wildman–Crippen MR) is 71.9 cm³/mol. The molecule has 2 rings (SSSR count). The van der Waals surface area contributed by atoms with Gasteiger partial charge in [-0.3, -0.25) is 0 Å². The standard InChI is InChI=1S/C14H22O2S/c1-2-4-7-13(8-5-3-1)15-10-11-16-14-9-6-12-17-14/h6,9,12-13H,1-5,7-8,10-11H2. The molecule has 1 heterocycles. The van der Waals surface area contributed by atoms with Gasteiger partial charge in [-0.2, -0.15) is 0 Å². The maximum atomic E-state index is 5.90. The van der Waals surface area contributed by atoms with E-state index >= 15 is 0 Å². The van der Waals surface area contributed by atoms with Crippen molar-refractivity contribution in [3.63, 3.8) is 0 Å². The third-order valence-corrected chi connectivity index (χ3v) is 4.01. The zero-order chi connectivity index (χ0) is 11.8. The summed E-state index contributed by atoms with van der Waals surface area (Å²) in [6, 6.07) is 4.01. The molecule has 1 aromatic heterocycles. The van der Waals surface area contributed by atoms with E-state index in [0.717, 1.165) is 11.7 Å². The van der Waals surface area contributed by atoms with Crippen LogP contribution in [-0.2, 0) is 4.74 Å². The molecule has 0 radical (unpaired) electrons. The summed E-state index contributed by atoms with van der Waals surface area (Å²) < 4.78 is 11.5. The van der Waals surface area contributed by atoms with Crippen LogP contribution in [0.5, 0.6) is 5.06 Å². The Hall–Kier alpha value is -0.540. The highest BCUT2D eigenvalue weighted by Crippen LogP contribution is 2.20. The zero-order valence-electron chi connectivity index (χ0n) is 10.4. The van der Waals surface area contributed by atoms with Crippen LogP contribution >= 0.6 is 11.3 Å². The lowest BCUT2D eigenvalue weighted by Gasteiger charge is -2.20. The van der Waals surface area contributed by atoms with Crippen LogP contribution in [0.2, 0.25) is 0 Å². The van der Waals surface area contributed by atoms with Crippen molar-refractivity contribution in [2.75, 3.05) is 13.2 Å². The van der Waals surface area contributed by atoms with E-state index in [1.54, 1.807) is 11.3 Å². The smallest absolute Gasteiger partial charge is 0.173 e. The van der Waals surface area contributed by atoms with Crippen molar-refractivity contribution in [3.8, 4) is 5.06 Å². The topological polar surface area (TPSA) is 18.5 Å². The van der Waals surface area contributed by atoms with Gasteiger partial charge in [-0.05, 0) is 30.4 Å². The summed E-state index contributed by atoms with van der Waals surface area (Å²) in [5, 5.41) is 3.02. The summed E-state index contributed by atoms with van der Waals surface area (Å²) in [5.41, 5.74) is 0. The number of hydrogen-bond donors (Lipinski definition) is 0. The third kappa shape index (κ3) is 5.09. The van der Waals surface area contributed by atoms with Crippen molar-refractivity contribution in [1.29, 1.82) is 0 Å². The van der Waals surface area contributed by atoms with Gasteiger partial charge in [0.05, 0.1) is 12.7 Å². The molecule has 0 saturated heterocycles. The lowest BCUT2D eigenvalue weighted by atomic mass is 9.99. The Morgan fingerprint density at radius 3 is 2.53 bits per heavy atom. The Bertz CT molecular complexity index is 276. The molecule has 0 N–H and O–H groups in total. The van der Waals surface area contributed by atoms with Gasteiger partial charge in [0.15, 0.2) is 5.06 Å². The Balaban J connectivity index is 1.57. The normalized spacial score (nSPS) is 18.6. The van der Waals surface area contributed by atoms with Crippen LogP contribution in [0, 0.1) is 0 Å². The van der Waals surface area contributed by atoms with Crippen LogP contribution in [0.3, 0.4) is 0 Å². The van der Waals surface area contributed by atoms with Crippen LogP contribution in [0.4, 0.5) is 0 Å². The van der Waals surface area contributed by atoms with E-state index < -0.39 is 0 Å². The second-order valence-corrected chi connectivity index (χ2v) is 5.53. The van der Waals surface area contributed by atoms with Gasteiger partial charge in [-0.15, -0.1) is 11.3 Å². The van der Waals surface area contributed by atoms with E-state index in [1.165, 1.54) is 44.9 Å². The van der Waals surface area contributed by atoms with Gasteiger partial charge >= 0.3 is 0 Å². The molecule has 17 heavy (non-hydrogen) atoms. The minimum atomic E-state index is 0.474. The molecule has 1 fully saturated rings. The average molecular weight is 254 g/mol. The van der Waals surface area contributed by atoms with Gasteiger partial charge in [0.1, 0.15) is 6.61 Å². The zero-order valence-corrected chi connectivity index (χ0v) is 11.2. The van der Waals surface area contributed by atoms with Crippen LogP contribution < -0.4 is 4.74 Å². The second-order valence-electron chi connectivity index (χ2n) is 4.62. The fourth-order valence-electron chi connectivity index (χ4n) is 2.29. The first kappa shape index (κ1) is 12.9. The van der Waals surface area contributed by atoms with Gasteiger partial charge in [-0.25, -0.2) is 0 Å². The summed E-state index contributed by atoms with van der Waals surface area (Å²) >= 11 is 1.64. The molecule has 0 spiro atoms. The van der Waals surface area contributed by atoms with Gasteiger partial charge in [0, 0.05) is 0 Å². The number of thiophene rings is 1. The first-order valence-corrected chi connectivity index (χ1v) is 7.61. The molecular weight excluding hydrogens is 232 g/mol. The highest BCUT2D eigenvalue weighted by molar-refractivity contribution is 7.11. The van der Waals surface area contributed by atoms with E-state index in [9.17, 15) is 0 Å². The molecule has 0 bridgehead atoms. The van der Waals surface area contributed by atoms with E-state index in [0.29, 0.717) is 12.7 Å². The predicted octanol–water partition coefficient (Wildman–Crippen LogP) is 4.26. The molecular formula is C14H22O2S. The Labute approximate surface area is 108 Å². The molecule has 1 aliphatic rings. The van der Waals surface area contributed by atoms with Crippen molar-refractivity contribution in [2.45, 2.75) is 51.0 Å². The van der Waals surface area contributed by atoms with Gasteiger partial charge < -0.3 is 9.47 Å².